The largest absolute Gasteiger partial charge is 0.477 e. The van der Waals surface area contributed by atoms with Crippen molar-refractivity contribution in [2.45, 2.75) is 26.8 Å². The molecule has 0 radical (unpaired) electrons. The van der Waals surface area contributed by atoms with Crippen molar-refractivity contribution in [2.75, 3.05) is 31.1 Å². The van der Waals surface area contributed by atoms with E-state index in [1.165, 1.54) is 4.57 Å². The molecule has 2 heterocycles. The molecule has 2 N–H and O–H groups in total. The van der Waals surface area contributed by atoms with E-state index in [1.54, 1.807) is 11.8 Å². The maximum absolute atomic E-state index is 15.3. The number of anilines is 1. The third-order valence-electron chi connectivity index (χ3n) is 5.09. The molecule has 9 heteroatoms. The summed E-state index contributed by atoms with van der Waals surface area (Å²) in [6, 6.07) is 0.965. The van der Waals surface area contributed by atoms with Crippen LogP contribution < -0.4 is 15.6 Å². The van der Waals surface area contributed by atoms with Gasteiger partial charge in [0.1, 0.15) is 17.1 Å². The molecule has 2 aromatic rings. The number of hydrogen-bond acceptors (Lipinski definition) is 4. The maximum Gasteiger partial charge on any atom is 0.341 e. The van der Waals surface area contributed by atoms with Crippen LogP contribution in [0.4, 0.5) is 14.5 Å². The van der Waals surface area contributed by atoms with E-state index in [1.807, 2.05) is 6.92 Å². The fourth-order valence-electron chi connectivity index (χ4n) is 3.72. The van der Waals surface area contributed by atoms with Gasteiger partial charge in [0, 0.05) is 25.8 Å². The molecule has 154 valence electrons. The average Bonchev–Trinajstić information content (AvgIpc) is 3.09. The van der Waals surface area contributed by atoms with Gasteiger partial charge >= 0.3 is 5.97 Å². The Kier molecular flexibility index (Phi) is 7.01. The summed E-state index contributed by atoms with van der Waals surface area (Å²) < 4.78 is 31.4. The van der Waals surface area contributed by atoms with E-state index in [0.717, 1.165) is 31.8 Å². The van der Waals surface area contributed by atoms with Crippen LogP contribution in [0.5, 0.6) is 0 Å². The van der Waals surface area contributed by atoms with Crippen LogP contribution in [-0.4, -0.2) is 41.8 Å². The molecule has 1 atom stereocenters. The first-order chi connectivity index (χ1) is 12.9. The van der Waals surface area contributed by atoms with Gasteiger partial charge in [0.15, 0.2) is 5.82 Å². The number of nitrogens with one attached hydrogen (secondary N) is 1. The lowest BCUT2D eigenvalue weighted by Crippen LogP contribution is -2.28. The van der Waals surface area contributed by atoms with Gasteiger partial charge in [0.05, 0.1) is 10.9 Å². The van der Waals surface area contributed by atoms with Gasteiger partial charge in [-0.25, -0.2) is 13.6 Å². The molecule has 0 amide bonds. The molecule has 1 aromatic heterocycles. The van der Waals surface area contributed by atoms with Crippen molar-refractivity contribution in [1.82, 2.24) is 9.88 Å². The number of aryl methyl sites for hydroxylation is 1. The van der Waals surface area contributed by atoms with E-state index in [4.69, 9.17) is 0 Å². The second kappa shape index (κ2) is 8.87. The Morgan fingerprint density at radius 1 is 1.36 bits per heavy atom. The monoisotopic (exact) mass is 415 g/mol. The smallest absolute Gasteiger partial charge is 0.341 e. The van der Waals surface area contributed by atoms with Gasteiger partial charge in [0.2, 0.25) is 5.43 Å². The number of aromatic nitrogens is 1. The molecule has 1 aliphatic rings. The molecule has 3 rings (SSSR count). The number of rotatable bonds is 6. The number of aromatic carboxylic acids is 1. The van der Waals surface area contributed by atoms with Crippen LogP contribution in [0, 0.1) is 17.6 Å². The highest BCUT2D eigenvalue weighted by atomic mass is 35.5. The zero-order valence-electron chi connectivity index (χ0n) is 15.8. The fourth-order valence-corrected chi connectivity index (χ4v) is 3.72. The number of halogens is 3. The van der Waals surface area contributed by atoms with Crippen LogP contribution in [0.15, 0.2) is 17.1 Å². The Morgan fingerprint density at radius 2 is 2.07 bits per heavy atom. The van der Waals surface area contributed by atoms with Crippen LogP contribution in [0.3, 0.4) is 0 Å². The number of carbonyl (C=O) groups is 1. The first-order valence-corrected chi connectivity index (χ1v) is 9.13. The number of benzene rings is 1. The summed E-state index contributed by atoms with van der Waals surface area (Å²) in [5.41, 5.74) is -1.58. The summed E-state index contributed by atoms with van der Waals surface area (Å²) in [5, 5.41) is 12.2. The molecular weight excluding hydrogens is 392 g/mol. The molecule has 6 nitrogen and oxygen atoms in total. The summed E-state index contributed by atoms with van der Waals surface area (Å²) in [7, 11) is 0. The minimum absolute atomic E-state index is 0. The zero-order valence-corrected chi connectivity index (χ0v) is 16.6. The second-order valence-corrected chi connectivity index (χ2v) is 6.79. The molecule has 0 bridgehead atoms. The summed E-state index contributed by atoms with van der Waals surface area (Å²) in [6.45, 7) is 6.64. The summed E-state index contributed by atoms with van der Waals surface area (Å²) in [5.74, 6) is -2.78. The highest BCUT2D eigenvalue weighted by Crippen LogP contribution is 2.33. The Balaban J connectivity index is 0.00000280. The quantitative estimate of drug-likeness (QED) is 0.758. The number of nitrogens with zero attached hydrogens (tertiary/aromatic N) is 2. The average molecular weight is 416 g/mol. The molecule has 0 spiro atoms. The first kappa shape index (κ1) is 22.1. The van der Waals surface area contributed by atoms with Crippen molar-refractivity contribution >= 4 is 35.0 Å². The number of pyridine rings is 1. The Labute approximate surface area is 167 Å². The Morgan fingerprint density at radius 3 is 2.68 bits per heavy atom. The van der Waals surface area contributed by atoms with E-state index in [-0.39, 0.29) is 35.5 Å². The van der Waals surface area contributed by atoms with E-state index in [0.29, 0.717) is 19.0 Å². The van der Waals surface area contributed by atoms with Gasteiger partial charge in [-0.3, -0.25) is 4.79 Å². The Bertz CT molecular complexity index is 948. The molecule has 0 aliphatic carbocycles. The zero-order chi connectivity index (χ0) is 19.7. The van der Waals surface area contributed by atoms with Gasteiger partial charge < -0.3 is 19.9 Å². The number of hydrogen-bond donors (Lipinski definition) is 2. The molecule has 0 unspecified atom stereocenters. The third kappa shape index (κ3) is 3.84. The van der Waals surface area contributed by atoms with Crippen molar-refractivity contribution in [3.05, 3.63) is 39.7 Å². The number of carboxylic acid groups (broad SMARTS) is 1. The predicted octanol–water partition coefficient (Wildman–Crippen LogP) is 2.86. The van der Waals surface area contributed by atoms with Crippen LogP contribution in [0.2, 0.25) is 0 Å². The minimum atomic E-state index is -1.42. The summed E-state index contributed by atoms with van der Waals surface area (Å²) in [4.78, 5) is 25.4. The van der Waals surface area contributed by atoms with Crippen LogP contribution in [0.25, 0.3) is 10.9 Å². The molecule has 1 aromatic carbocycles. The topological polar surface area (TPSA) is 74.6 Å². The van der Waals surface area contributed by atoms with Gasteiger partial charge in [-0.05, 0) is 38.4 Å². The van der Waals surface area contributed by atoms with Gasteiger partial charge in [0.25, 0.3) is 0 Å². The highest BCUT2D eigenvalue weighted by Gasteiger charge is 2.29. The number of carboxylic acids is 1. The standard InChI is InChI=1S/C19H23F2N3O3.ClH/c1-3-22-8-11-5-6-24(9-11)17-14(20)7-12-16(15(17)21)23(4-2)10-13(18(12)25)19(26)27;/h7,10-11,22H,3-6,8-9H2,1-2H3,(H,26,27);1H/t11-;/m0./s1. The van der Waals surface area contributed by atoms with Gasteiger partial charge in [-0.2, -0.15) is 0 Å². The van der Waals surface area contributed by atoms with Crippen molar-refractivity contribution in [2.24, 2.45) is 5.92 Å². The molecule has 1 saturated heterocycles. The highest BCUT2D eigenvalue weighted by molar-refractivity contribution is 5.93. The van der Waals surface area contributed by atoms with Crippen molar-refractivity contribution in [3.8, 4) is 0 Å². The lowest BCUT2D eigenvalue weighted by atomic mass is 10.1. The van der Waals surface area contributed by atoms with Crippen molar-refractivity contribution < 1.29 is 18.7 Å². The molecule has 0 saturated carbocycles. The molecule has 1 aliphatic heterocycles. The normalized spacial score (nSPS) is 16.4. The SMILES string of the molecule is CCNC[C@@H]1CCN(c2c(F)cc3c(=O)c(C(=O)O)cn(CC)c3c2F)C1.Cl. The summed E-state index contributed by atoms with van der Waals surface area (Å²) >= 11 is 0. The first-order valence-electron chi connectivity index (χ1n) is 9.13. The minimum Gasteiger partial charge on any atom is -0.477 e. The van der Waals surface area contributed by atoms with Gasteiger partial charge in [-0.1, -0.05) is 6.92 Å². The van der Waals surface area contributed by atoms with Crippen molar-refractivity contribution in [1.29, 1.82) is 0 Å². The van der Waals surface area contributed by atoms with E-state index < -0.39 is 28.6 Å². The Hall–Kier alpha value is -2.19. The van der Waals surface area contributed by atoms with E-state index in [9.17, 15) is 19.1 Å². The second-order valence-electron chi connectivity index (χ2n) is 6.79. The third-order valence-corrected chi connectivity index (χ3v) is 5.09. The summed E-state index contributed by atoms with van der Waals surface area (Å²) in [6.07, 6.45) is 1.94. The van der Waals surface area contributed by atoms with Crippen LogP contribution in [-0.2, 0) is 6.54 Å². The predicted molar refractivity (Wildman–Crippen MR) is 107 cm³/mol. The van der Waals surface area contributed by atoms with E-state index >= 15 is 4.39 Å². The van der Waals surface area contributed by atoms with Crippen LogP contribution >= 0.6 is 12.4 Å². The van der Waals surface area contributed by atoms with E-state index in [2.05, 4.69) is 5.32 Å². The maximum atomic E-state index is 15.3. The number of fused-ring (bicyclic) bond motifs is 1. The lowest BCUT2D eigenvalue weighted by molar-refractivity contribution is 0.0695. The lowest BCUT2D eigenvalue weighted by Gasteiger charge is -2.22. The fraction of sp³-hybridized carbons (Fsp3) is 0.474. The van der Waals surface area contributed by atoms with Crippen molar-refractivity contribution in [3.63, 3.8) is 0 Å². The molecular formula is C19H24ClF2N3O3. The molecule has 1 fully saturated rings. The van der Waals surface area contributed by atoms with Gasteiger partial charge in [-0.15, -0.1) is 12.4 Å². The molecule has 28 heavy (non-hydrogen) atoms. The van der Waals surface area contributed by atoms with Crippen LogP contribution in [0.1, 0.15) is 30.6 Å².